The van der Waals surface area contributed by atoms with Gasteiger partial charge in [0.15, 0.2) is 14.6 Å². The smallest absolute Gasteiger partial charge is 0.265 e. The summed E-state index contributed by atoms with van der Waals surface area (Å²) in [6.45, 7) is 0.879. The summed E-state index contributed by atoms with van der Waals surface area (Å²) < 4.78 is 35.1. The number of hydrogen-bond acceptors (Lipinski definition) is 7. The Balaban J connectivity index is 2.13. The van der Waals surface area contributed by atoms with Gasteiger partial charge in [-0.05, 0) is 56.4 Å². The number of rotatable bonds is 9. The summed E-state index contributed by atoms with van der Waals surface area (Å²) in [6, 6.07) is 5.89. The Hall–Kier alpha value is -1.68. The monoisotopic (exact) mass is 387 g/mol. The minimum Gasteiger partial charge on any atom is -0.494 e. The molecule has 3 N–H and O–H groups in total. The molecule has 1 amide bonds. The van der Waals surface area contributed by atoms with E-state index in [9.17, 15) is 13.2 Å². The average Bonchev–Trinajstić information content (AvgIpc) is 2.68. The zero-order valence-corrected chi connectivity index (χ0v) is 15.3. The number of nitrogens with one attached hydrogen (secondary N) is 1. The van der Waals surface area contributed by atoms with Gasteiger partial charge >= 0.3 is 0 Å². The third-order valence-electron chi connectivity index (χ3n) is 4.54. The Morgan fingerprint density at radius 1 is 1.15 bits per heavy atom. The molecule has 1 aromatic rings. The Bertz CT molecular complexity index is 682. The van der Waals surface area contributed by atoms with Crippen molar-refractivity contribution in [3.63, 3.8) is 0 Å². The molecular formula is C17H25NO7S. The minimum atomic E-state index is -4.02. The molecular weight excluding hydrogens is 362 g/mol. The molecule has 0 unspecified atom stereocenters. The molecule has 0 spiro atoms. The van der Waals surface area contributed by atoms with E-state index in [0.29, 0.717) is 12.4 Å². The van der Waals surface area contributed by atoms with Gasteiger partial charge in [-0.15, -0.1) is 0 Å². The highest BCUT2D eigenvalue weighted by Gasteiger charge is 2.52. The molecule has 1 aromatic carbocycles. The Kier molecular flexibility index (Phi) is 7.39. The molecule has 0 atom stereocenters. The van der Waals surface area contributed by atoms with Gasteiger partial charge in [0.25, 0.3) is 5.91 Å². The Morgan fingerprint density at radius 3 is 2.38 bits per heavy atom. The third-order valence-corrected chi connectivity index (χ3v) is 7.05. The normalized spacial score (nSPS) is 16.8. The second-order valence-electron chi connectivity index (χ2n) is 6.16. The Labute approximate surface area is 153 Å². The van der Waals surface area contributed by atoms with Crippen molar-refractivity contribution < 1.29 is 33.0 Å². The zero-order valence-electron chi connectivity index (χ0n) is 14.5. The number of hydrogen-bond donors (Lipinski definition) is 3. The number of carbonyl (C=O) groups excluding carboxylic acids is 1. The quantitative estimate of drug-likeness (QED) is 0.329. The maximum absolute atomic E-state index is 13.1. The van der Waals surface area contributed by atoms with E-state index in [0.717, 1.165) is 19.3 Å². The van der Waals surface area contributed by atoms with Crippen LogP contribution in [-0.2, 0) is 19.4 Å². The van der Waals surface area contributed by atoms with Crippen molar-refractivity contribution in [3.05, 3.63) is 24.3 Å². The highest BCUT2D eigenvalue weighted by Crippen LogP contribution is 2.35. The molecule has 2 rings (SSSR count). The van der Waals surface area contributed by atoms with Crippen LogP contribution in [0.4, 0.5) is 0 Å². The van der Waals surface area contributed by atoms with E-state index in [4.69, 9.17) is 19.8 Å². The number of amides is 1. The topological polar surface area (TPSA) is 122 Å². The first-order valence-corrected chi connectivity index (χ1v) is 10.1. The van der Waals surface area contributed by atoms with Crippen LogP contribution in [0.15, 0.2) is 29.2 Å². The lowest BCUT2D eigenvalue weighted by Gasteiger charge is -2.34. The fourth-order valence-electron chi connectivity index (χ4n) is 2.94. The van der Waals surface area contributed by atoms with Crippen LogP contribution in [0.5, 0.6) is 5.75 Å². The predicted octanol–water partition coefficient (Wildman–Crippen LogP) is 1.06. The molecule has 1 aliphatic rings. The third kappa shape index (κ3) is 4.35. The lowest BCUT2D eigenvalue weighted by Crippen LogP contribution is -2.54. The number of carbonyl (C=O) groups is 1. The summed E-state index contributed by atoms with van der Waals surface area (Å²) in [5.74, 6) is -0.411. The molecule has 0 bridgehead atoms. The molecule has 1 aliphatic heterocycles. The minimum absolute atomic E-state index is 0.00405. The number of ether oxygens (including phenoxy) is 2. The van der Waals surface area contributed by atoms with E-state index in [-0.39, 0.29) is 37.6 Å². The number of benzene rings is 1. The van der Waals surface area contributed by atoms with Crippen molar-refractivity contribution in [3.8, 4) is 5.75 Å². The molecule has 1 fully saturated rings. The molecule has 0 radical (unpaired) electrons. The van der Waals surface area contributed by atoms with E-state index in [1.54, 1.807) is 12.1 Å². The summed E-state index contributed by atoms with van der Waals surface area (Å²) >= 11 is 0. The van der Waals surface area contributed by atoms with Gasteiger partial charge < -0.3 is 14.6 Å². The van der Waals surface area contributed by atoms with E-state index in [1.807, 2.05) is 0 Å². The van der Waals surface area contributed by atoms with Crippen LogP contribution in [0.2, 0.25) is 0 Å². The van der Waals surface area contributed by atoms with Crippen molar-refractivity contribution in [1.29, 1.82) is 0 Å². The fourth-order valence-corrected chi connectivity index (χ4v) is 4.88. The molecule has 0 saturated carbocycles. The summed E-state index contributed by atoms with van der Waals surface area (Å²) in [7, 11) is -4.02. The van der Waals surface area contributed by atoms with E-state index in [1.165, 1.54) is 17.6 Å². The molecule has 9 heteroatoms. The van der Waals surface area contributed by atoms with Gasteiger partial charge in [0.1, 0.15) is 5.75 Å². The lowest BCUT2D eigenvalue weighted by atomic mass is 9.98. The van der Waals surface area contributed by atoms with Crippen LogP contribution >= 0.6 is 0 Å². The van der Waals surface area contributed by atoms with Crippen molar-refractivity contribution in [2.24, 2.45) is 0 Å². The van der Waals surface area contributed by atoms with Gasteiger partial charge in [0.2, 0.25) is 0 Å². The summed E-state index contributed by atoms with van der Waals surface area (Å²) in [5.41, 5.74) is 1.49. The SMILES string of the molecule is O=C(NO)C1(S(=O)(=O)c2ccc(OCCCCCO)cc2)CCOCC1. The second kappa shape index (κ2) is 9.31. The number of unbranched alkanes of at least 4 members (excludes halogenated alkanes) is 2. The second-order valence-corrected chi connectivity index (χ2v) is 8.41. The van der Waals surface area contributed by atoms with Crippen LogP contribution < -0.4 is 10.2 Å². The summed E-state index contributed by atoms with van der Waals surface area (Å²) in [4.78, 5) is 12.2. The van der Waals surface area contributed by atoms with Crippen LogP contribution in [-0.4, -0.2) is 55.8 Å². The molecule has 1 saturated heterocycles. The molecule has 8 nitrogen and oxygen atoms in total. The number of aliphatic hydroxyl groups is 1. The predicted molar refractivity (Wildman–Crippen MR) is 92.8 cm³/mol. The first-order chi connectivity index (χ1) is 12.5. The number of sulfone groups is 1. The number of hydroxylamine groups is 1. The van der Waals surface area contributed by atoms with Crippen LogP contribution in [0, 0.1) is 0 Å². The summed E-state index contributed by atoms with van der Waals surface area (Å²) in [6.07, 6.45) is 2.32. The molecule has 1 heterocycles. The van der Waals surface area contributed by atoms with Gasteiger partial charge in [-0.2, -0.15) is 0 Å². The molecule has 0 aliphatic carbocycles. The number of aliphatic hydroxyl groups excluding tert-OH is 1. The molecule has 146 valence electrons. The molecule has 26 heavy (non-hydrogen) atoms. The maximum Gasteiger partial charge on any atom is 0.265 e. The van der Waals surface area contributed by atoms with E-state index < -0.39 is 20.5 Å². The fraction of sp³-hybridized carbons (Fsp3) is 0.588. The van der Waals surface area contributed by atoms with E-state index >= 15 is 0 Å². The zero-order chi connectivity index (χ0) is 19.0. The van der Waals surface area contributed by atoms with E-state index in [2.05, 4.69) is 0 Å². The summed E-state index contributed by atoms with van der Waals surface area (Å²) in [5, 5.41) is 17.7. The lowest BCUT2D eigenvalue weighted by molar-refractivity contribution is -0.134. The van der Waals surface area contributed by atoms with Crippen LogP contribution in [0.25, 0.3) is 0 Å². The Morgan fingerprint density at radius 2 is 1.81 bits per heavy atom. The first-order valence-electron chi connectivity index (χ1n) is 8.58. The van der Waals surface area contributed by atoms with Crippen molar-refractivity contribution in [1.82, 2.24) is 5.48 Å². The maximum atomic E-state index is 13.1. The standard InChI is InChI=1S/C17H25NO7S/c19-10-2-1-3-11-25-14-4-6-15(7-5-14)26(22,23)17(16(20)18-21)8-12-24-13-9-17/h4-7,19,21H,1-3,8-13H2,(H,18,20). The highest BCUT2D eigenvalue weighted by molar-refractivity contribution is 7.93. The van der Waals surface area contributed by atoms with Gasteiger partial charge in [-0.25, -0.2) is 13.9 Å². The van der Waals surface area contributed by atoms with Crippen LogP contribution in [0.3, 0.4) is 0 Å². The van der Waals surface area contributed by atoms with Crippen molar-refractivity contribution in [2.45, 2.75) is 41.7 Å². The van der Waals surface area contributed by atoms with Gasteiger partial charge in [0, 0.05) is 19.8 Å². The van der Waals surface area contributed by atoms with Gasteiger partial charge in [0.05, 0.1) is 11.5 Å². The van der Waals surface area contributed by atoms with Crippen molar-refractivity contribution >= 4 is 15.7 Å². The van der Waals surface area contributed by atoms with Crippen molar-refractivity contribution in [2.75, 3.05) is 26.4 Å². The highest BCUT2D eigenvalue weighted by atomic mass is 32.2. The largest absolute Gasteiger partial charge is 0.494 e. The molecule has 0 aromatic heterocycles. The van der Waals surface area contributed by atoms with Gasteiger partial charge in [-0.1, -0.05) is 0 Å². The average molecular weight is 387 g/mol. The first kappa shape index (κ1) is 20.6. The van der Waals surface area contributed by atoms with Crippen LogP contribution in [0.1, 0.15) is 32.1 Å². The van der Waals surface area contributed by atoms with Gasteiger partial charge in [-0.3, -0.25) is 10.0 Å².